The van der Waals surface area contributed by atoms with Gasteiger partial charge in [0.05, 0.1) is 0 Å². The van der Waals surface area contributed by atoms with Gasteiger partial charge >= 0.3 is 0 Å². The number of nitrogens with zero attached hydrogens (tertiary/aromatic N) is 1. The van der Waals surface area contributed by atoms with Gasteiger partial charge in [-0.3, -0.25) is 0 Å². The lowest BCUT2D eigenvalue weighted by molar-refractivity contribution is 0.753. The largest absolute Gasteiger partial charge is 0.239 e. The van der Waals surface area contributed by atoms with Crippen molar-refractivity contribution in [2.24, 2.45) is 0 Å². The summed E-state index contributed by atoms with van der Waals surface area (Å²) < 4.78 is 0. The highest BCUT2D eigenvalue weighted by molar-refractivity contribution is 6.18. The Morgan fingerprint density at radius 2 is 1.43 bits per heavy atom. The maximum absolute atomic E-state index is 5.30. The quantitative estimate of drug-likeness (QED) is 0.410. The summed E-state index contributed by atoms with van der Waals surface area (Å²) in [6.45, 7) is 1.46. The third-order valence-electron chi connectivity index (χ3n) is 0.485. The number of rotatable bonds is 4. The van der Waals surface area contributed by atoms with E-state index in [0.717, 1.165) is 13.1 Å². The molecule has 0 aromatic heterocycles. The molecule has 3 heteroatoms. The SMILES string of the molecule is ClCC[N]CCCl. The van der Waals surface area contributed by atoms with Crippen LogP contribution >= 0.6 is 23.2 Å². The van der Waals surface area contributed by atoms with Crippen molar-refractivity contribution in [1.82, 2.24) is 5.32 Å². The molecule has 0 spiro atoms. The van der Waals surface area contributed by atoms with Crippen LogP contribution < -0.4 is 5.32 Å². The molecule has 0 unspecified atom stereocenters. The number of hydrogen-bond acceptors (Lipinski definition) is 0. The molecule has 0 aliphatic rings. The highest BCUT2D eigenvalue weighted by Crippen LogP contribution is 1.73. The first-order chi connectivity index (χ1) is 3.41. The van der Waals surface area contributed by atoms with Crippen molar-refractivity contribution in [3.63, 3.8) is 0 Å². The topological polar surface area (TPSA) is 14.1 Å². The molecular formula is C4H8Cl2N. The summed E-state index contributed by atoms with van der Waals surface area (Å²) >= 11 is 10.6. The van der Waals surface area contributed by atoms with Gasteiger partial charge in [0.15, 0.2) is 0 Å². The molecular weight excluding hydrogens is 133 g/mol. The lowest BCUT2D eigenvalue weighted by atomic mass is 10.7. The average molecular weight is 141 g/mol. The molecule has 1 nitrogen and oxygen atoms in total. The van der Waals surface area contributed by atoms with Gasteiger partial charge < -0.3 is 0 Å². The second-order valence-corrected chi connectivity index (χ2v) is 1.80. The molecule has 0 amide bonds. The van der Waals surface area contributed by atoms with E-state index in [-0.39, 0.29) is 0 Å². The predicted molar refractivity (Wildman–Crippen MR) is 33.3 cm³/mol. The Morgan fingerprint density at radius 3 is 1.71 bits per heavy atom. The number of hydrogen-bond donors (Lipinski definition) is 0. The molecule has 0 atom stereocenters. The van der Waals surface area contributed by atoms with E-state index in [1.54, 1.807) is 0 Å². The van der Waals surface area contributed by atoms with E-state index in [1.165, 1.54) is 0 Å². The molecule has 0 bridgehead atoms. The predicted octanol–water partition coefficient (Wildman–Crippen LogP) is 1.07. The van der Waals surface area contributed by atoms with Crippen molar-refractivity contribution in [3.8, 4) is 0 Å². The van der Waals surface area contributed by atoms with Crippen molar-refractivity contribution >= 4 is 23.2 Å². The van der Waals surface area contributed by atoms with Crippen molar-refractivity contribution in [3.05, 3.63) is 0 Å². The third kappa shape index (κ3) is 6.54. The second kappa shape index (κ2) is 6.54. The summed E-state index contributed by atoms with van der Waals surface area (Å²) in [6.07, 6.45) is 0. The van der Waals surface area contributed by atoms with Gasteiger partial charge in [-0.1, -0.05) is 0 Å². The third-order valence-corrected chi connectivity index (χ3v) is 0.823. The first kappa shape index (κ1) is 7.54. The van der Waals surface area contributed by atoms with Crippen LogP contribution in [0.2, 0.25) is 0 Å². The van der Waals surface area contributed by atoms with E-state index < -0.39 is 0 Å². The minimum absolute atomic E-state index is 0.608. The molecule has 1 radical (unpaired) electrons. The zero-order chi connectivity index (χ0) is 5.54. The highest BCUT2D eigenvalue weighted by Gasteiger charge is 1.81. The summed E-state index contributed by atoms with van der Waals surface area (Å²) in [5.41, 5.74) is 0. The zero-order valence-electron chi connectivity index (χ0n) is 4.03. The molecule has 7 heavy (non-hydrogen) atoms. The lowest BCUT2D eigenvalue weighted by Crippen LogP contribution is -2.09. The van der Waals surface area contributed by atoms with Gasteiger partial charge in [-0.2, -0.15) is 0 Å². The summed E-state index contributed by atoms with van der Waals surface area (Å²) in [4.78, 5) is 0. The summed E-state index contributed by atoms with van der Waals surface area (Å²) in [5.74, 6) is 1.22. The maximum atomic E-state index is 5.30. The molecule has 0 aromatic carbocycles. The summed E-state index contributed by atoms with van der Waals surface area (Å²) in [6, 6.07) is 0. The van der Waals surface area contributed by atoms with Gasteiger partial charge in [0, 0.05) is 24.8 Å². The fourth-order valence-corrected chi connectivity index (χ4v) is 0.470. The molecule has 0 heterocycles. The van der Waals surface area contributed by atoms with Crippen LogP contribution in [-0.4, -0.2) is 24.8 Å². The smallest absolute Gasteiger partial charge is 0.0365 e. The zero-order valence-corrected chi connectivity index (χ0v) is 5.54. The van der Waals surface area contributed by atoms with E-state index in [2.05, 4.69) is 5.32 Å². The molecule has 0 saturated heterocycles. The van der Waals surface area contributed by atoms with Crippen molar-refractivity contribution in [2.75, 3.05) is 24.8 Å². The Hall–Kier alpha value is 0.540. The van der Waals surface area contributed by atoms with Crippen LogP contribution in [0.25, 0.3) is 0 Å². The molecule has 0 N–H and O–H groups in total. The van der Waals surface area contributed by atoms with Crippen molar-refractivity contribution < 1.29 is 0 Å². The van der Waals surface area contributed by atoms with Gasteiger partial charge in [0.25, 0.3) is 0 Å². The molecule has 0 aliphatic carbocycles. The maximum Gasteiger partial charge on any atom is 0.0365 e. The summed E-state index contributed by atoms with van der Waals surface area (Å²) in [7, 11) is 0. The molecule has 0 fully saturated rings. The van der Waals surface area contributed by atoms with Crippen LogP contribution in [0.1, 0.15) is 0 Å². The van der Waals surface area contributed by atoms with Crippen LogP contribution in [0.3, 0.4) is 0 Å². The number of halogens is 2. The molecule has 43 valence electrons. The Morgan fingerprint density at radius 1 is 1.00 bits per heavy atom. The monoisotopic (exact) mass is 140 g/mol. The van der Waals surface area contributed by atoms with Crippen LogP contribution in [0.5, 0.6) is 0 Å². The number of alkyl halides is 2. The first-order valence-electron chi connectivity index (χ1n) is 2.17. The standard InChI is InChI=1S/C4H8Cl2N/c5-1-3-7-4-2-6/h1-4H2. The van der Waals surface area contributed by atoms with Crippen LogP contribution in [-0.2, 0) is 0 Å². The van der Waals surface area contributed by atoms with Crippen LogP contribution in [0, 0.1) is 0 Å². The first-order valence-corrected chi connectivity index (χ1v) is 3.24. The minimum atomic E-state index is 0.608. The van der Waals surface area contributed by atoms with Crippen LogP contribution in [0.15, 0.2) is 0 Å². The molecule has 0 rings (SSSR count). The lowest BCUT2D eigenvalue weighted by Gasteiger charge is -1.90. The van der Waals surface area contributed by atoms with E-state index in [1.807, 2.05) is 0 Å². The Bertz CT molecular complexity index is 28.9. The van der Waals surface area contributed by atoms with Gasteiger partial charge in [-0.15, -0.1) is 23.2 Å². The van der Waals surface area contributed by atoms with Crippen molar-refractivity contribution in [1.29, 1.82) is 0 Å². The molecule has 0 saturated carbocycles. The Kier molecular flexibility index (Phi) is 7.04. The van der Waals surface area contributed by atoms with E-state index in [9.17, 15) is 0 Å². The molecule has 0 aromatic rings. The second-order valence-electron chi connectivity index (χ2n) is 1.05. The van der Waals surface area contributed by atoms with Crippen molar-refractivity contribution in [2.45, 2.75) is 0 Å². The van der Waals surface area contributed by atoms with Crippen LogP contribution in [0.4, 0.5) is 0 Å². The minimum Gasteiger partial charge on any atom is -0.239 e. The highest BCUT2D eigenvalue weighted by atomic mass is 35.5. The normalized spacial score (nSPS) is 9.43. The Balaban J connectivity index is 2.45. The van der Waals surface area contributed by atoms with E-state index in [0.29, 0.717) is 11.8 Å². The fraction of sp³-hybridized carbons (Fsp3) is 1.00. The van der Waals surface area contributed by atoms with Gasteiger partial charge in [-0.05, 0) is 0 Å². The fourth-order valence-electron chi connectivity index (χ4n) is 0.231. The van der Waals surface area contributed by atoms with E-state index >= 15 is 0 Å². The van der Waals surface area contributed by atoms with Gasteiger partial charge in [0.1, 0.15) is 0 Å². The van der Waals surface area contributed by atoms with E-state index in [4.69, 9.17) is 23.2 Å². The Labute approximate surface area is 54.0 Å². The summed E-state index contributed by atoms with van der Waals surface area (Å²) in [5, 5.41) is 3.94. The molecule has 0 aliphatic heterocycles. The van der Waals surface area contributed by atoms with Gasteiger partial charge in [0.2, 0.25) is 0 Å². The average Bonchev–Trinajstić information content (AvgIpc) is 1.69. The van der Waals surface area contributed by atoms with Gasteiger partial charge in [-0.25, -0.2) is 5.32 Å².